The van der Waals surface area contributed by atoms with Crippen LogP contribution in [0.15, 0.2) is 52.0 Å². The standard InChI is InChI=1S/C20H24BrN3O3S/c21-17-6-4-16(5-7-17)19-15-23(12-13-27-19)20-9-8-18(14-22-20)28(25,26)24-10-2-1-3-11-24/h4-9,14,19H,1-3,10-13,15H2. The first-order chi connectivity index (χ1) is 13.5. The molecule has 1 aromatic carbocycles. The molecule has 2 aliphatic heterocycles. The second-order valence-electron chi connectivity index (χ2n) is 7.17. The Morgan fingerprint density at radius 1 is 1.00 bits per heavy atom. The molecule has 2 fully saturated rings. The summed E-state index contributed by atoms with van der Waals surface area (Å²) in [4.78, 5) is 6.88. The Morgan fingerprint density at radius 3 is 2.43 bits per heavy atom. The minimum absolute atomic E-state index is 0.0274. The van der Waals surface area contributed by atoms with Crippen molar-refractivity contribution in [2.75, 3.05) is 37.7 Å². The third kappa shape index (κ3) is 4.25. The summed E-state index contributed by atoms with van der Waals surface area (Å²) in [5.41, 5.74) is 1.12. The highest BCUT2D eigenvalue weighted by Gasteiger charge is 2.27. The van der Waals surface area contributed by atoms with Gasteiger partial charge in [-0.3, -0.25) is 0 Å². The lowest BCUT2D eigenvalue weighted by molar-refractivity contribution is 0.0395. The summed E-state index contributed by atoms with van der Waals surface area (Å²) in [7, 11) is -3.44. The normalized spacial score (nSPS) is 21.6. The van der Waals surface area contributed by atoms with Crippen LogP contribution in [-0.4, -0.2) is 50.5 Å². The fraction of sp³-hybridized carbons (Fsp3) is 0.450. The number of rotatable bonds is 4. The maximum Gasteiger partial charge on any atom is 0.244 e. The second-order valence-corrected chi connectivity index (χ2v) is 10.0. The van der Waals surface area contributed by atoms with Crippen molar-refractivity contribution < 1.29 is 13.2 Å². The first-order valence-electron chi connectivity index (χ1n) is 9.62. The number of morpholine rings is 1. The number of piperidine rings is 1. The second kappa shape index (κ2) is 8.49. The van der Waals surface area contributed by atoms with Crippen LogP contribution in [-0.2, 0) is 14.8 Å². The van der Waals surface area contributed by atoms with E-state index in [1.807, 2.05) is 12.1 Å². The average molecular weight is 466 g/mol. The van der Waals surface area contributed by atoms with Crippen LogP contribution in [0.4, 0.5) is 5.82 Å². The van der Waals surface area contributed by atoms with Crippen molar-refractivity contribution in [3.63, 3.8) is 0 Å². The molecule has 0 bridgehead atoms. The van der Waals surface area contributed by atoms with Crippen molar-refractivity contribution in [2.24, 2.45) is 0 Å². The van der Waals surface area contributed by atoms with Gasteiger partial charge in [-0.25, -0.2) is 13.4 Å². The number of benzene rings is 1. The monoisotopic (exact) mass is 465 g/mol. The summed E-state index contributed by atoms with van der Waals surface area (Å²) in [6.07, 6.45) is 4.41. The molecule has 4 rings (SSSR count). The highest BCUT2D eigenvalue weighted by Crippen LogP contribution is 2.27. The number of ether oxygens (including phenoxy) is 1. The molecule has 0 saturated carbocycles. The lowest BCUT2D eigenvalue weighted by Crippen LogP contribution is -2.39. The summed E-state index contributed by atoms with van der Waals surface area (Å²) in [5.74, 6) is 0.781. The number of anilines is 1. The number of pyridine rings is 1. The largest absolute Gasteiger partial charge is 0.370 e. The minimum Gasteiger partial charge on any atom is -0.370 e. The third-order valence-corrected chi connectivity index (χ3v) is 7.72. The molecule has 1 atom stereocenters. The lowest BCUT2D eigenvalue weighted by atomic mass is 10.1. The molecule has 0 aliphatic carbocycles. The van der Waals surface area contributed by atoms with E-state index in [-0.39, 0.29) is 11.0 Å². The quantitative estimate of drug-likeness (QED) is 0.689. The first kappa shape index (κ1) is 19.8. The average Bonchev–Trinajstić information content (AvgIpc) is 2.75. The van der Waals surface area contributed by atoms with E-state index in [0.717, 1.165) is 41.7 Å². The summed E-state index contributed by atoms with van der Waals surface area (Å²) in [6, 6.07) is 11.6. The number of nitrogens with zero attached hydrogens (tertiary/aromatic N) is 3. The number of hydrogen-bond donors (Lipinski definition) is 0. The van der Waals surface area contributed by atoms with Crippen molar-refractivity contribution >= 4 is 31.8 Å². The zero-order chi connectivity index (χ0) is 19.6. The number of aromatic nitrogens is 1. The van der Waals surface area contributed by atoms with Crippen LogP contribution in [0.1, 0.15) is 30.9 Å². The van der Waals surface area contributed by atoms with Gasteiger partial charge < -0.3 is 9.64 Å². The molecule has 0 spiro atoms. The Morgan fingerprint density at radius 2 is 1.75 bits per heavy atom. The number of hydrogen-bond acceptors (Lipinski definition) is 5. The predicted octanol–water partition coefficient (Wildman–Crippen LogP) is 3.60. The van der Waals surface area contributed by atoms with E-state index in [9.17, 15) is 8.42 Å². The van der Waals surface area contributed by atoms with Gasteiger partial charge in [0.05, 0.1) is 6.61 Å². The molecule has 2 saturated heterocycles. The van der Waals surface area contributed by atoms with E-state index in [0.29, 0.717) is 26.2 Å². The SMILES string of the molecule is O=S(=O)(c1ccc(N2CCOC(c3ccc(Br)cc3)C2)nc1)N1CCCCC1. The summed E-state index contributed by atoms with van der Waals surface area (Å²) in [6.45, 7) is 3.23. The molecule has 0 radical (unpaired) electrons. The van der Waals surface area contributed by atoms with Gasteiger partial charge in [0.25, 0.3) is 0 Å². The van der Waals surface area contributed by atoms with E-state index in [2.05, 4.69) is 37.9 Å². The number of halogens is 1. The van der Waals surface area contributed by atoms with Crippen LogP contribution in [0.2, 0.25) is 0 Å². The molecule has 1 aromatic heterocycles. The minimum atomic E-state index is -3.44. The zero-order valence-electron chi connectivity index (χ0n) is 15.6. The van der Waals surface area contributed by atoms with Gasteiger partial charge in [-0.05, 0) is 42.7 Å². The molecule has 2 aromatic rings. The van der Waals surface area contributed by atoms with E-state index >= 15 is 0 Å². The molecular formula is C20H24BrN3O3S. The summed E-state index contributed by atoms with van der Waals surface area (Å²) >= 11 is 3.46. The van der Waals surface area contributed by atoms with Gasteiger partial charge in [0.1, 0.15) is 16.8 Å². The Bertz CT molecular complexity index is 897. The van der Waals surface area contributed by atoms with Crippen LogP contribution >= 0.6 is 15.9 Å². The molecule has 0 amide bonds. The van der Waals surface area contributed by atoms with Crippen molar-refractivity contribution in [3.8, 4) is 0 Å². The van der Waals surface area contributed by atoms with Crippen LogP contribution in [0.25, 0.3) is 0 Å². The fourth-order valence-corrected chi connectivity index (χ4v) is 5.43. The summed E-state index contributed by atoms with van der Waals surface area (Å²) in [5, 5.41) is 0. The lowest BCUT2D eigenvalue weighted by Gasteiger charge is -2.34. The van der Waals surface area contributed by atoms with E-state index in [4.69, 9.17) is 4.74 Å². The van der Waals surface area contributed by atoms with Crippen molar-refractivity contribution in [1.82, 2.24) is 9.29 Å². The zero-order valence-corrected chi connectivity index (χ0v) is 18.0. The van der Waals surface area contributed by atoms with Crippen LogP contribution in [0.5, 0.6) is 0 Å². The maximum absolute atomic E-state index is 12.8. The molecule has 150 valence electrons. The van der Waals surface area contributed by atoms with Crippen molar-refractivity contribution in [3.05, 3.63) is 52.6 Å². The molecule has 0 N–H and O–H groups in total. The van der Waals surface area contributed by atoms with E-state index in [1.54, 1.807) is 16.4 Å². The van der Waals surface area contributed by atoms with Crippen LogP contribution < -0.4 is 4.90 Å². The number of sulfonamides is 1. The Balaban J connectivity index is 1.48. The summed E-state index contributed by atoms with van der Waals surface area (Å²) < 4.78 is 34.1. The molecule has 1 unspecified atom stereocenters. The van der Waals surface area contributed by atoms with Gasteiger partial charge in [0.2, 0.25) is 10.0 Å². The third-order valence-electron chi connectivity index (χ3n) is 5.31. The van der Waals surface area contributed by atoms with Crippen LogP contribution in [0, 0.1) is 0 Å². The van der Waals surface area contributed by atoms with Gasteiger partial charge >= 0.3 is 0 Å². The molecule has 28 heavy (non-hydrogen) atoms. The highest BCUT2D eigenvalue weighted by atomic mass is 79.9. The van der Waals surface area contributed by atoms with Gasteiger partial charge in [-0.1, -0.05) is 34.5 Å². The van der Waals surface area contributed by atoms with E-state index in [1.165, 1.54) is 6.20 Å². The molecule has 2 aliphatic rings. The fourth-order valence-electron chi connectivity index (χ4n) is 3.70. The smallest absolute Gasteiger partial charge is 0.244 e. The van der Waals surface area contributed by atoms with Gasteiger partial charge in [-0.2, -0.15) is 4.31 Å². The highest BCUT2D eigenvalue weighted by molar-refractivity contribution is 9.10. The molecule has 6 nitrogen and oxygen atoms in total. The van der Waals surface area contributed by atoms with Gasteiger partial charge in [-0.15, -0.1) is 0 Å². The maximum atomic E-state index is 12.8. The van der Waals surface area contributed by atoms with E-state index < -0.39 is 10.0 Å². The van der Waals surface area contributed by atoms with Crippen LogP contribution in [0.3, 0.4) is 0 Å². The Hall–Kier alpha value is -1.48. The topological polar surface area (TPSA) is 62.7 Å². The van der Waals surface area contributed by atoms with Crippen molar-refractivity contribution in [1.29, 1.82) is 0 Å². The molecular weight excluding hydrogens is 442 g/mol. The predicted molar refractivity (Wildman–Crippen MR) is 112 cm³/mol. The van der Waals surface area contributed by atoms with Gasteiger partial charge in [0.15, 0.2) is 0 Å². The van der Waals surface area contributed by atoms with Gasteiger partial charge in [0, 0.05) is 36.8 Å². The Kier molecular flexibility index (Phi) is 6.01. The van der Waals surface area contributed by atoms with Crippen molar-refractivity contribution in [2.45, 2.75) is 30.3 Å². The Labute approximate surface area is 174 Å². The first-order valence-corrected chi connectivity index (χ1v) is 11.9. The molecule has 3 heterocycles. The molecule has 8 heteroatoms.